The number of rotatable bonds is 6. The Kier molecular flexibility index (Phi) is 6.68. The van der Waals surface area contributed by atoms with Gasteiger partial charge < -0.3 is 5.32 Å². The van der Waals surface area contributed by atoms with E-state index in [-0.39, 0.29) is 0 Å². The number of thioether (sulfide) groups is 1. The Balaban J connectivity index is 1.90. The first-order chi connectivity index (χ1) is 9.67. The Labute approximate surface area is 143 Å². The van der Waals surface area contributed by atoms with Crippen LogP contribution >= 0.6 is 46.0 Å². The first-order valence-corrected chi connectivity index (χ1v) is 8.91. The van der Waals surface area contributed by atoms with E-state index in [0.717, 1.165) is 17.2 Å². The van der Waals surface area contributed by atoms with E-state index in [2.05, 4.69) is 58.2 Å². The Morgan fingerprint density at radius 3 is 2.60 bits per heavy atom. The zero-order valence-electron chi connectivity index (χ0n) is 11.3. The molecule has 0 amide bonds. The summed E-state index contributed by atoms with van der Waals surface area (Å²) in [5, 5.41) is 4.19. The lowest BCUT2D eigenvalue weighted by Crippen LogP contribution is -2.30. The summed E-state index contributed by atoms with van der Waals surface area (Å²) in [4.78, 5) is 1.22. The van der Waals surface area contributed by atoms with Gasteiger partial charge in [-0.05, 0) is 72.0 Å². The van der Waals surface area contributed by atoms with Crippen LogP contribution in [0.3, 0.4) is 0 Å². The molecule has 0 radical (unpaired) electrons. The van der Waals surface area contributed by atoms with Crippen molar-refractivity contribution in [1.29, 1.82) is 0 Å². The summed E-state index contributed by atoms with van der Waals surface area (Å²) in [5.74, 6) is 1.03. The topological polar surface area (TPSA) is 12.0 Å². The first-order valence-electron chi connectivity index (χ1n) is 6.47. The van der Waals surface area contributed by atoms with Crippen molar-refractivity contribution in [3.8, 4) is 0 Å². The first kappa shape index (κ1) is 16.1. The van der Waals surface area contributed by atoms with Gasteiger partial charge in [-0.3, -0.25) is 0 Å². The molecule has 0 saturated carbocycles. The molecule has 1 N–H and O–H groups in total. The van der Waals surface area contributed by atoms with Crippen molar-refractivity contribution >= 4 is 46.0 Å². The molecule has 0 heterocycles. The normalized spacial score (nSPS) is 12.3. The Morgan fingerprint density at radius 2 is 1.95 bits per heavy atom. The molecule has 106 valence electrons. The number of hydrogen-bond donors (Lipinski definition) is 1. The van der Waals surface area contributed by atoms with E-state index >= 15 is 0 Å². The third-order valence-corrected chi connectivity index (χ3v) is 5.16. The predicted molar refractivity (Wildman–Crippen MR) is 97.9 cm³/mol. The van der Waals surface area contributed by atoms with Crippen LogP contribution in [0.4, 0.5) is 0 Å². The molecule has 0 aromatic heterocycles. The maximum Gasteiger partial charge on any atom is 0.0417 e. The van der Waals surface area contributed by atoms with Crippen LogP contribution in [-0.2, 0) is 6.42 Å². The molecule has 0 aliphatic carbocycles. The maximum absolute atomic E-state index is 6.01. The van der Waals surface area contributed by atoms with Gasteiger partial charge in [-0.2, -0.15) is 0 Å². The summed E-state index contributed by atoms with van der Waals surface area (Å²) in [7, 11) is 2.02. The van der Waals surface area contributed by atoms with Crippen LogP contribution in [0.25, 0.3) is 0 Å². The van der Waals surface area contributed by atoms with Crippen molar-refractivity contribution in [1.82, 2.24) is 5.32 Å². The van der Waals surface area contributed by atoms with Crippen molar-refractivity contribution in [3.63, 3.8) is 0 Å². The fraction of sp³-hybridized carbons (Fsp3) is 0.250. The fourth-order valence-electron chi connectivity index (χ4n) is 1.90. The Bertz CT molecular complexity index is 544. The number of likely N-dealkylation sites (N-methyl/N-ethyl adjacent to an activating group) is 1. The molecule has 2 aromatic rings. The van der Waals surface area contributed by atoms with E-state index in [1.165, 1.54) is 14.0 Å². The highest BCUT2D eigenvalue weighted by atomic mass is 127. The molecule has 2 rings (SSSR count). The van der Waals surface area contributed by atoms with Gasteiger partial charge in [0.1, 0.15) is 0 Å². The molecule has 2 aromatic carbocycles. The lowest BCUT2D eigenvalue weighted by atomic mass is 10.1. The molecular weight excluding hydrogens is 401 g/mol. The van der Waals surface area contributed by atoms with Crippen LogP contribution in [0.2, 0.25) is 5.02 Å². The second-order valence-electron chi connectivity index (χ2n) is 4.58. The van der Waals surface area contributed by atoms with Gasteiger partial charge >= 0.3 is 0 Å². The highest BCUT2D eigenvalue weighted by molar-refractivity contribution is 14.1. The van der Waals surface area contributed by atoms with Gasteiger partial charge in [0, 0.05) is 25.3 Å². The average Bonchev–Trinajstić information content (AvgIpc) is 2.45. The molecule has 0 aliphatic rings. The van der Waals surface area contributed by atoms with E-state index in [1.54, 1.807) is 0 Å². The zero-order chi connectivity index (χ0) is 14.4. The van der Waals surface area contributed by atoms with E-state index in [4.69, 9.17) is 11.6 Å². The third kappa shape index (κ3) is 5.28. The number of hydrogen-bond acceptors (Lipinski definition) is 2. The highest BCUT2D eigenvalue weighted by Crippen LogP contribution is 2.23. The van der Waals surface area contributed by atoms with Gasteiger partial charge in [-0.1, -0.05) is 29.8 Å². The maximum atomic E-state index is 6.01. The molecule has 1 unspecified atom stereocenters. The minimum Gasteiger partial charge on any atom is -0.316 e. The average molecular weight is 418 g/mol. The number of benzene rings is 2. The van der Waals surface area contributed by atoms with E-state index < -0.39 is 0 Å². The van der Waals surface area contributed by atoms with Crippen LogP contribution in [-0.4, -0.2) is 18.8 Å². The van der Waals surface area contributed by atoms with Crippen molar-refractivity contribution in [3.05, 3.63) is 62.7 Å². The molecule has 0 spiro atoms. The van der Waals surface area contributed by atoms with Gasteiger partial charge in [0.25, 0.3) is 0 Å². The summed E-state index contributed by atoms with van der Waals surface area (Å²) >= 11 is 10.2. The van der Waals surface area contributed by atoms with Crippen LogP contribution in [0.5, 0.6) is 0 Å². The van der Waals surface area contributed by atoms with Crippen molar-refractivity contribution in [2.45, 2.75) is 17.4 Å². The second-order valence-corrected chi connectivity index (χ2v) is 7.36. The molecule has 1 nitrogen and oxygen atoms in total. The summed E-state index contributed by atoms with van der Waals surface area (Å²) in [6, 6.07) is 17.2. The Morgan fingerprint density at radius 1 is 1.20 bits per heavy atom. The van der Waals surface area contributed by atoms with Gasteiger partial charge in [0.15, 0.2) is 0 Å². The lowest BCUT2D eigenvalue weighted by Gasteiger charge is -2.16. The largest absolute Gasteiger partial charge is 0.316 e. The van der Waals surface area contributed by atoms with E-state index in [1.807, 2.05) is 37.0 Å². The number of halogens is 2. The molecule has 1 atom stereocenters. The van der Waals surface area contributed by atoms with Gasteiger partial charge in [0.2, 0.25) is 0 Å². The summed E-state index contributed by atoms with van der Waals surface area (Å²) in [6.45, 7) is 0. The molecule has 0 bridgehead atoms. The van der Waals surface area contributed by atoms with Crippen LogP contribution < -0.4 is 5.32 Å². The molecule has 0 fully saturated rings. The summed E-state index contributed by atoms with van der Waals surface area (Å²) in [6.07, 6.45) is 1.04. The Hall–Kier alpha value is -0.230. The van der Waals surface area contributed by atoms with Crippen molar-refractivity contribution in [2.24, 2.45) is 0 Å². The molecular formula is C16H17ClINS. The summed E-state index contributed by atoms with van der Waals surface area (Å²) in [5.41, 5.74) is 1.37. The molecule has 20 heavy (non-hydrogen) atoms. The molecule has 0 saturated heterocycles. The van der Waals surface area contributed by atoms with E-state index in [9.17, 15) is 0 Å². The molecule has 4 heteroatoms. The zero-order valence-corrected chi connectivity index (χ0v) is 15.0. The van der Waals surface area contributed by atoms with Crippen LogP contribution in [0.1, 0.15) is 5.56 Å². The van der Waals surface area contributed by atoms with E-state index in [0.29, 0.717) is 6.04 Å². The number of nitrogens with one attached hydrogen (secondary N) is 1. The van der Waals surface area contributed by atoms with Gasteiger partial charge in [0.05, 0.1) is 0 Å². The standard InChI is InChI=1S/C16H17ClINS/c1-19-15(9-12-5-7-14(18)8-6-12)11-20-16-4-2-3-13(17)10-16/h2-8,10,15,19H,9,11H2,1H3. The minimum atomic E-state index is 0.457. The van der Waals surface area contributed by atoms with Gasteiger partial charge in [-0.15, -0.1) is 11.8 Å². The van der Waals surface area contributed by atoms with Gasteiger partial charge in [-0.25, -0.2) is 0 Å². The van der Waals surface area contributed by atoms with Crippen LogP contribution in [0.15, 0.2) is 53.4 Å². The summed E-state index contributed by atoms with van der Waals surface area (Å²) < 4.78 is 1.28. The predicted octanol–water partition coefficient (Wildman–Crippen LogP) is 4.87. The van der Waals surface area contributed by atoms with Crippen molar-refractivity contribution < 1.29 is 0 Å². The van der Waals surface area contributed by atoms with Crippen LogP contribution in [0, 0.1) is 3.57 Å². The highest BCUT2D eigenvalue weighted by Gasteiger charge is 2.08. The van der Waals surface area contributed by atoms with Crippen molar-refractivity contribution in [2.75, 3.05) is 12.8 Å². The molecule has 0 aliphatic heterocycles. The minimum absolute atomic E-state index is 0.457. The quantitative estimate of drug-likeness (QED) is 0.532. The lowest BCUT2D eigenvalue weighted by molar-refractivity contribution is 0.617. The smallest absolute Gasteiger partial charge is 0.0417 e. The SMILES string of the molecule is CNC(CSc1cccc(Cl)c1)Cc1ccc(I)cc1. The fourth-order valence-corrected chi connectivity index (χ4v) is 3.58. The monoisotopic (exact) mass is 417 g/mol. The third-order valence-electron chi connectivity index (χ3n) is 3.05. The second kappa shape index (κ2) is 8.27.